The van der Waals surface area contributed by atoms with Gasteiger partial charge in [-0.25, -0.2) is 18.4 Å². The Bertz CT molecular complexity index is 1460. The lowest BCUT2D eigenvalue weighted by molar-refractivity contribution is 0.102. The number of benzene rings is 2. The SMILES string of the molecule is Cc1cc(=O)[nH]c(-c2cccc(NC(=O)c3nn(-c4ccc(F)c(F)c4)c4c3CCC4)c2)n1. The maximum absolute atomic E-state index is 13.8. The highest BCUT2D eigenvalue weighted by Crippen LogP contribution is 2.29. The van der Waals surface area contributed by atoms with Crippen molar-refractivity contribution in [3.63, 3.8) is 0 Å². The summed E-state index contributed by atoms with van der Waals surface area (Å²) in [7, 11) is 0. The summed E-state index contributed by atoms with van der Waals surface area (Å²) in [5.74, 6) is -1.91. The number of anilines is 1. The fourth-order valence-corrected chi connectivity index (χ4v) is 4.10. The van der Waals surface area contributed by atoms with Crippen LogP contribution in [0.2, 0.25) is 0 Å². The molecule has 2 heterocycles. The number of H-pyrrole nitrogens is 1. The van der Waals surface area contributed by atoms with Gasteiger partial charge >= 0.3 is 0 Å². The fraction of sp³-hybridized carbons (Fsp3) is 0.167. The minimum Gasteiger partial charge on any atom is -0.321 e. The highest BCUT2D eigenvalue weighted by atomic mass is 19.2. The molecule has 1 aliphatic rings. The Labute approximate surface area is 187 Å². The summed E-state index contributed by atoms with van der Waals surface area (Å²) in [6.45, 7) is 1.73. The molecule has 0 unspecified atom stereocenters. The van der Waals surface area contributed by atoms with Gasteiger partial charge in [0.2, 0.25) is 0 Å². The highest BCUT2D eigenvalue weighted by Gasteiger charge is 2.27. The van der Waals surface area contributed by atoms with Crippen molar-refractivity contribution in [1.82, 2.24) is 19.7 Å². The summed E-state index contributed by atoms with van der Waals surface area (Å²) in [5.41, 5.74) is 3.72. The van der Waals surface area contributed by atoms with Gasteiger partial charge in [-0.3, -0.25) is 9.59 Å². The smallest absolute Gasteiger partial charge is 0.276 e. The minimum atomic E-state index is -0.972. The molecule has 4 aromatic rings. The molecule has 2 aromatic heterocycles. The normalized spacial score (nSPS) is 12.6. The molecule has 2 aromatic carbocycles. The van der Waals surface area contributed by atoms with E-state index in [9.17, 15) is 18.4 Å². The molecule has 7 nitrogen and oxygen atoms in total. The molecule has 9 heteroatoms. The average Bonchev–Trinajstić information content (AvgIpc) is 3.38. The number of nitrogens with one attached hydrogen (secondary N) is 2. The molecule has 1 amide bonds. The number of aryl methyl sites for hydroxylation is 1. The first-order chi connectivity index (χ1) is 15.9. The van der Waals surface area contributed by atoms with E-state index in [1.54, 1.807) is 31.2 Å². The summed E-state index contributed by atoms with van der Waals surface area (Å²) in [6, 6.07) is 11.9. The first-order valence-corrected chi connectivity index (χ1v) is 10.4. The highest BCUT2D eigenvalue weighted by molar-refractivity contribution is 6.04. The lowest BCUT2D eigenvalue weighted by Gasteiger charge is -2.08. The summed E-state index contributed by atoms with van der Waals surface area (Å²) in [5, 5.41) is 7.27. The first-order valence-electron chi connectivity index (χ1n) is 10.4. The maximum Gasteiger partial charge on any atom is 0.276 e. The quantitative estimate of drug-likeness (QED) is 0.496. The zero-order valence-corrected chi connectivity index (χ0v) is 17.7. The molecule has 1 aliphatic carbocycles. The molecule has 166 valence electrons. The zero-order chi connectivity index (χ0) is 23.1. The standard InChI is InChI=1S/C24H19F2N5O2/c1-13-10-21(32)29-23(27-13)14-4-2-5-15(11-14)28-24(33)22-17-6-3-7-20(17)31(30-22)16-8-9-18(25)19(26)12-16/h2,4-5,8-12H,3,6-7H2,1H3,(H,28,33)(H,27,29,32). The number of nitrogens with zero attached hydrogens (tertiary/aromatic N) is 3. The van der Waals surface area contributed by atoms with E-state index in [-0.39, 0.29) is 11.3 Å². The Morgan fingerprint density at radius 3 is 2.73 bits per heavy atom. The number of hydrogen-bond donors (Lipinski definition) is 2. The number of carbonyl (C=O) groups is 1. The van der Waals surface area contributed by atoms with Crippen LogP contribution in [-0.2, 0) is 12.8 Å². The van der Waals surface area contributed by atoms with Gasteiger partial charge in [0.25, 0.3) is 11.5 Å². The molecule has 33 heavy (non-hydrogen) atoms. The molecule has 0 radical (unpaired) electrons. The molecule has 0 bridgehead atoms. The van der Waals surface area contributed by atoms with Crippen LogP contribution in [0, 0.1) is 18.6 Å². The molecule has 2 N–H and O–H groups in total. The summed E-state index contributed by atoms with van der Waals surface area (Å²) < 4.78 is 28.7. The second kappa shape index (κ2) is 8.09. The van der Waals surface area contributed by atoms with E-state index in [0.717, 1.165) is 29.8 Å². The lowest BCUT2D eigenvalue weighted by atomic mass is 10.1. The molecule has 5 rings (SSSR count). The van der Waals surface area contributed by atoms with E-state index in [4.69, 9.17) is 0 Å². The number of amides is 1. The third-order valence-electron chi connectivity index (χ3n) is 5.56. The van der Waals surface area contributed by atoms with Crippen LogP contribution in [0.3, 0.4) is 0 Å². The van der Waals surface area contributed by atoms with Crippen LogP contribution < -0.4 is 10.9 Å². The third kappa shape index (κ3) is 3.93. The Morgan fingerprint density at radius 2 is 1.94 bits per heavy atom. The zero-order valence-electron chi connectivity index (χ0n) is 17.7. The van der Waals surface area contributed by atoms with Gasteiger partial charge in [-0.15, -0.1) is 0 Å². The van der Waals surface area contributed by atoms with E-state index in [1.807, 2.05) is 0 Å². The number of fused-ring (bicyclic) bond motifs is 1. The Hall–Kier alpha value is -4.14. The van der Waals surface area contributed by atoms with Crippen molar-refractivity contribution in [3.05, 3.63) is 93.2 Å². The van der Waals surface area contributed by atoms with Crippen LogP contribution >= 0.6 is 0 Å². The van der Waals surface area contributed by atoms with Crippen LogP contribution in [0.25, 0.3) is 17.1 Å². The monoisotopic (exact) mass is 447 g/mol. The van der Waals surface area contributed by atoms with E-state index in [1.165, 1.54) is 16.8 Å². The Kier molecular flexibility index (Phi) is 5.08. The molecule has 0 saturated carbocycles. The van der Waals surface area contributed by atoms with E-state index in [2.05, 4.69) is 20.4 Å². The summed E-state index contributed by atoms with van der Waals surface area (Å²) in [4.78, 5) is 31.9. The van der Waals surface area contributed by atoms with Gasteiger partial charge in [0.05, 0.1) is 5.69 Å². The van der Waals surface area contributed by atoms with Crippen molar-refractivity contribution in [1.29, 1.82) is 0 Å². The van der Waals surface area contributed by atoms with Crippen LogP contribution in [-0.4, -0.2) is 25.7 Å². The first kappa shape index (κ1) is 20.7. The second-order valence-electron chi connectivity index (χ2n) is 7.91. The maximum atomic E-state index is 13.8. The van der Waals surface area contributed by atoms with Gasteiger partial charge in [-0.2, -0.15) is 5.10 Å². The number of aromatic nitrogens is 4. The van der Waals surface area contributed by atoms with E-state index in [0.29, 0.717) is 41.3 Å². The number of hydrogen-bond acceptors (Lipinski definition) is 4. The van der Waals surface area contributed by atoms with Gasteiger partial charge < -0.3 is 10.3 Å². The molecule has 0 fully saturated rings. The van der Waals surface area contributed by atoms with Crippen molar-refractivity contribution < 1.29 is 13.6 Å². The average molecular weight is 447 g/mol. The predicted molar refractivity (Wildman–Crippen MR) is 118 cm³/mol. The summed E-state index contributed by atoms with van der Waals surface area (Å²) in [6.07, 6.45) is 2.21. The Morgan fingerprint density at radius 1 is 1.09 bits per heavy atom. The Balaban J connectivity index is 1.46. The topological polar surface area (TPSA) is 92.7 Å². The number of carbonyl (C=O) groups excluding carboxylic acids is 1. The number of halogens is 2. The second-order valence-corrected chi connectivity index (χ2v) is 7.91. The van der Waals surface area contributed by atoms with E-state index < -0.39 is 17.5 Å². The van der Waals surface area contributed by atoms with Crippen LogP contribution in [0.4, 0.5) is 14.5 Å². The van der Waals surface area contributed by atoms with Crippen molar-refractivity contribution in [2.45, 2.75) is 26.2 Å². The molecule has 0 atom stereocenters. The van der Waals surface area contributed by atoms with E-state index >= 15 is 0 Å². The van der Waals surface area contributed by atoms with Crippen LogP contribution in [0.15, 0.2) is 53.3 Å². The van der Waals surface area contributed by atoms with Crippen molar-refractivity contribution in [2.24, 2.45) is 0 Å². The van der Waals surface area contributed by atoms with Gasteiger partial charge in [-0.05, 0) is 50.5 Å². The van der Waals surface area contributed by atoms with Crippen molar-refractivity contribution in [2.75, 3.05) is 5.32 Å². The van der Waals surface area contributed by atoms with Crippen LogP contribution in [0.1, 0.15) is 33.9 Å². The predicted octanol–water partition coefficient (Wildman–Crippen LogP) is 3.95. The van der Waals surface area contributed by atoms with Gasteiger partial charge in [0, 0.05) is 40.3 Å². The van der Waals surface area contributed by atoms with Gasteiger partial charge in [-0.1, -0.05) is 12.1 Å². The molecule has 0 aliphatic heterocycles. The lowest BCUT2D eigenvalue weighted by Crippen LogP contribution is -2.15. The van der Waals surface area contributed by atoms with Crippen molar-refractivity contribution >= 4 is 11.6 Å². The molecular weight excluding hydrogens is 428 g/mol. The minimum absolute atomic E-state index is 0.250. The number of aromatic amines is 1. The van der Waals surface area contributed by atoms with Crippen LogP contribution in [0.5, 0.6) is 0 Å². The molecule has 0 spiro atoms. The molecular formula is C24H19F2N5O2. The van der Waals surface area contributed by atoms with Gasteiger partial charge in [0.15, 0.2) is 17.3 Å². The largest absolute Gasteiger partial charge is 0.321 e. The van der Waals surface area contributed by atoms with Gasteiger partial charge in [0.1, 0.15) is 5.82 Å². The third-order valence-corrected chi connectivity index (χ3v) is 5.56. The van der Waals surface area contributed by atoms with Crippen molar-refractivity contribution in [3.8, 4) is 17.1 Å². The molecule has 0 saturated heterocycles. The fourth-order valence-electron chi connectivity index (χ4n) is 4.10. The summed E-state index contributed by atoms with van der Waals surface area (Å²) >= 11 is 0. The number of rotatable bonds is 4.